The largest absolute Gasteiger partial charge is 0.337 e. The summed E-state index contributed by atoms with van der Waals surface area (Å²) in [7, 11) is 2.06. The van der Waals surface area contributed by atoms with Gasteiger partial charge in [0.05, 0.1) is 6.54 Å². The minimum Gasteiger partial charge on any atom is -0.337 e. The Balaban J connectivity index is 1.54. The molecule has 0 amide bonds. The van der Waals surface area contributed by atoms with Crippen LogP contribution < -0.4 is 5.32 Å². The SMILES string of the molecule is CCN1CCC2(CC1)CC(NCc1nccn1C)c1ccccc12. The predicted octanol–water partition coefficient (Wildman–Crippen LogP) is 3.01. The molecular formula is C20H28N4. The Morgan fingerprint density at radius 3 is 2.75 bits per heavy atom. The molecule has 1 aliphatic carbocycles. The van der Waals surface area contributed by atoms with Crippen LogP contribution in [0.15, 0.2) is 36.7 Å². The number of imidazole rings is 1. The van der Waals surface area contributed by atoms with Crippen molar-refractivity contribution in [2.45, 2.75) is 44.2 Å². The van der Waals surface area contributed by atoms with Gasteiger partial charge in [0.2, 0.25) is 0 Å². The smallest absolute Gasteiger partial charge is 0.122 e. The molecule has 2 heterocycles. The number of rotatable bonds is 4. The summed E-state index contributed by atoms with van der Waals surface area (Å²) in [5.41, 5.74) is 3.48. The molecule has 1 saturated heterocycles. The van der Waals surface area contributed by atoms with Crippen LogP contribution in [0.25, 0.3) is 0 Å². The highest BCUT2D eigenvalue weighted by Crippen LogP contribution is 2.50. The van der Waals surface area contributed by atoms with Crippen LogP contribution >= 0.6 is 0 Å². The van der Waals surface area contributed by atoms with E-state index in [9.17, 15) is 0 Å². The second-order valence-electron chi connectivity index (χ2n) is 7.39. The first kappa shape index (κ1) is 15.9. The lowest BCUT2D eigenvalue weighted by molar-refractivity contribution is 0.158. The Kier molecular flexibility index (Phi) is 4.19. The van der Waals surface area contributed by atoms with Gasteiger partial charge in [-0.1, -0.05) is 31.2 Å². The molecule has 1 atom stereocenters. The van der Waals surface area contributed by atoms with E-state index in [1.54, 1.807) is 5.56 Å². The average molecular weight is 324 g/mol. The van der Waals surface area contributed by atoms with Gasteiger partial charge in [-0.15, -0.1) is 0 Å². The Bertz CT molecular complexity index is 697. The minimum absolute atomic E-state index is 0.377. The fourth-order valence-electron chi connectivity index (χ4n) is 4.63. The molecule has 1 spiro atoms. The monoisotopic (exact) mass is 324 g/mol. The molecule has 24 heavy (non-hydrogen) atoms. The zero-order valence-electron chi connectivity index (χ0n) is 14.8. The third-order valence-electron chi connectivity index (χ3n) is 6.19. The van der Waals surface area contributed by atoms with Gasteiger partial charge >= 0.3 is 0 Å². The molecule has 4 heteroatoms. The quantitative estimate of drug-likeness (QED) is 0.938. The summed E-state index contributed by atoms with van der Waals surface area (Å²) in [6.07, 6.45) is 7.70. The van der Waals surface area contributed by atoms with Crippen molar-refractivity contribution in [1.29, 1.82) is 0 Å². The van der Waals surface area contributed by atoms with E-state index in [0.29, 0.717) is 11.5 Å². The van der Waals surface area contributed by atoms with Crippen LogP contribution in [-0.2, 0) is 19.0 Å². The number of fused-ring (bicyclic) bond motifs is 2. The molecule has 4 nitrogen and oxygen atoms in total. The summed E-state index contributed by atoms with van der Waals surface area (Å²) in [5.74, 6) is 1.11. The zero-order valence-corrected chi connectivity index (χ0v) is 14.8. The Morgan fingerprint density at radius 2 is 2.04 bits per heavy atom. The fraction of sp³-hybridized carbons (Fsp3) is 0.550. The van der Waals surface area contributed by atoms with Crippen LogP contribution in [0, 0.1) is 0 Å². The number of nitrogens with one attached hydrogen (secondary N) is 1. The van der Waals surface area contributed by atoms with Crippen LogP contribution in [0.2, 0.25) is 0 Å². The van der Waals surface area contributed by atoms with Gasteiger partial charge in [-0.3, -0.25) is 0 Å². The lowest BCUT2D eigenvalue weighted by atomic mass is 9.73. The highest BCUT2D eigenvalue weighted by atomic mass is 15.1. The normalized spacial score (nSPS) is 22.8. The van der Waals surface area contributed by atoms with Crippen LogP contribution in [-0.4, -0.2) is 34.1 Å². The number of aryl methyl sites for hydroxylation is 1. The second kappa shape index (κ2) is 6.34. The van der Waals surface area contributed by atoms with Crippen molar-refractivity contribution < 1.29 is 0 Å². The molecule has 1 unspecified atom stereocenters. The molecule has 1 aliphatic heterocycles. The third-order valence-corrected chi connectivity index (χ3v) is 6.19. The molecule has 0 radical (unpaired) electrons. The topological polar surface area (TPSA) is 33.1 Å². The summed E-state index contributed by atoms with van der Waals surface area (Å²) in [4.78, 5) is 7.04. The summed E-state index contributed by atoms with van der Waals surface area (Å²) in [5, 5.41) is 3.78. The van der Waals surface area contributed by atoms with Crippen LogP contribution in [0.4, 0.5) is 0 Å². The van der Waals surface area contributed by atoms with Gasteiger partial charge in [-0.25, -0.2) is 4.98 Å². The fourth-order valence-corrected chi connectivity index (χ4v) is 4.63. The van der Waals surface area contributed by atoms with Crippen LogP contribution in [0.5, 0.6) is 0 Å². The molecule has 1 aromatic carbocycles. The van der Waals surface area contributed by atoms with Gasteiger partial charge < -0.3 is 14.8 Å². The van der Waals surface area contributed by atoms with Gasteiger partial charge in [0.15, 0.2) is 0 Å². The zero-order chi connectivity index (χ0) is 16.6. The third kappa shape index (κ3) is 2.68. The van der Waals surface area contributed by atoms with Crippen LogP contribution in [0.1, 0.15) is 49.2 Å². The molecule has 4 rings (SSSR count). The predicted molar refractivity (Wildman–Crippen MR) is 96.9 cm³/mol. The maximum absolute atomic E-state index is 4.45. The van der Waals surface area contributed by atoms with E-state index in [4.69, 9.17) is 0 Å². The van der Waals surface area contributed by atoms with Gasteiger partial charge in [-0.05, 0) is 55.4 Å². The molecule has 0 bridgehead atoms. The van der Waals surface area contributed by atoms with Gasteiger partial charge in [0.1, 0.15) is 5.82 Å². The number of hydrogen-bond acceptors (Lipinski definition) is 3. The first-order chi connectivity index (χ1) is 11.7. The van der Waals surface area contributed by atoms with Gasteiger partial charge in [-0.2, -0.15) is 0 Å². The van der Waals surface area contributed by atoms with E-state index in [1.165, 1.54) is 44.5 Å². The standard InChI is InChI=1S/C20H28N4/c1-3-24-11-8-20(9-12-24)14-18(16-6-4-5-7-17(16)20)22-15-19-21-10-13-23(19)2/h4-7,10,13,18,22H,3,8-9,11-12,14-15H2,1-2H3. The maximum atomic E-state index is 4.45. The summed E-state index contributed by atoms with van der Waals surface area (Å²) < 4.78 is 2.10. The first-order valence-electron chi connectivity index (χ1n) is 9.23. The Morgan fingerprint density at radius 1 is 1.25 bits per heavy atom. The molecule has 1 aromatic heterocycles. The molecule has 128 valence electrons. The van der Waals surface area contributed by atoms with Crippen molar-refractivity contribution in [3.05, 3.63) is 53.6 Å². The van der Waals surface area contributed by atoms with E-state index < -0.39 is 0 Å². The Labute approximate surface area is 144 Å². The summed E-state index contributed by atoms with van der Waals surface area (Å²) in [6, 6.07) is 9.56. The van der Waals surface area contributed by atoms with Gasteiger partial charge in [0.25, 0.3) is 0 Å². The number of piperidine rings is 1. The number of likely N-dealkylation sites (tertiary alicyclic amines) is 1. The maximum Gasteiger partial charge on any atom is 0.122 e. The van der Waals surface area contributed by atoms with Crippen molar-refractivity contribution in [3.8, 4) is 0 Å². The molecule has 1 N–H and O–H groups in total. The van der Waals surface area contributed by atoms with Crippen molar-refractivity contribution in [3.63, 3.8) is 0 Å². The average Bonchev–Trinajstić information content (AvgIpc) is 3.16. The molecular weight excluding hydrogens is 296 g/mol. The number of hydrogen-bond donors (Lipinski definition) is 1. The lowest BCUT2D eigenvalue weighted by Gasteiger charge is -2.40. The van der Waals surface area contributed by atoms with Gasteiger partial charge in [0, 0.05) is 25.5 Å². The van der Waals surface area contributed by atoms with E-state index >= 15 is 0 Å². The van der Waals surface area contributed by atoms with Crippen molar-refractivity contribution in [2.24, 2.45) is 7.05 Å². The van der Waals surface area contributed by atoms with Crippen LogP contribution in [0.3, 0.4) is 0 Å². The minimum atomic E-state index is 0.377. The van der Waals surface area contributed by atoms with E-state index in [-0.39, 0.29) is 0 Å². The van der Waals surface area contributed by atoms with E-state index in [1.807, 2.05) is 12.4 Å². The number of aromatic nitrogens is 2. The number of benzene rings is 1. The molecule has 2 aromatic rings. The molecule has 1 fully saturated rings. The highest BCUT2D eigenvalue weighted by Gasteiger charge is 2.44. The molecule has 0 saturated carbocycles. The van der Waals surface area contributed by atoms with E-state index in [2.05, 4.69) is 58.0 Å². The van der Waals surface area contributed by atoms with Crippen molar-refractivity contribution >= 4 is 0 Å². The summed E-state index contributed by atoms with van der Waals surface area (Å²) in [6.45, 7) is 6.75. The molecule has 2 aliphatic rings. The summed E-state index contributed by atoms with van der Waals surface area (Å²) >= 11 is 0. The second-order valence-corrected chi connectivity index (χ2v) is 7.39. The Hall–Kier alpha value is -1.65. The van der Waals surface area contributed by atoms with Crippen molar-refractivity contribution in [2.75, 3.05) is 19.6 Å². The van der Waals surface area contributed by atoms with E-state index in [0.717, 1.165) is 12.4 Å². The number of nitrogens with zero attached hydrogens (tertiary/aromatic N) is 3. The first-order valence-corrected chi connectivity index (χ1v) is 9.23. The lowest BCUT2D eigenvalue weighted by Crippen LogP contribution is -2.41. The van der Waals surface area contributed by atoms with Crippen molar-refractivity contribution in [1.82, 2.24) is 19.8 Å². The highest BCUT2D eigenvalue weighted by molar-refractivity contribution is 5.42.